The van der Waals surface area contributed by atoms with Gasteiger partial charge in [-0.1, -0.05) is 53.5 Å². The fourth-order valence-electron chi connectivity index (χ4n) is 2.05. The van der Waals surface area contributed by atoms with Gasteiger partial charge < -0.3 is 10.1 Å². The van der Waals surface area contributed by atoms with E-state index in [9.17, 15) is 0 Å². The molecule has 0 fully saturated rings. The van der Waals surface area contributed by atoms with Crippen LogP contribution < -0.4 is 5.32 Å². The Hall–Kier alpha value is -1.06. The van der Waals surface area contributed by atoms with Crippen molar-refractivity contribution in [1.82, 2.24) is 5.32 Å². The number of ether oxygens (including phenoxy) is 1. The van der Waals surface area contributed by atoms with E-state index in [2.05, 4.69) is 17.4 Å². The highest BCUT2D eigenvalue weighted by atomic mass is 35.5. The lowest BCUT2D eigenvalue weighted by Gasteiger charge is -2.11. The van der Waals surface area contributed by atoms with Crippen molar-refractivity contribution in [2.45, 2.75) is 19.7 Å². The second kappa shape index (κ2) is 7.65. The fraction of sp³-hybridized carbons (Fsp3) is 0.250. The smallest absolute Gasteiger partial charge is 0.0716 e. The Balaban J connectivity index is 2.00. The van der Waals surface area contributed by atoms with Crippen LogP contribution in [0.3, 0.4) is 0 Å². The molecule has 106 valence electrons. The average molecular weight is 310 g/mol. The van der Waals surface area contributed by atoms with Crippen LogP contribution in [0.4, 0.5) is 0 Å². The van der Waals surface area contributed by atoms with Gasteiger partial charge in [-0.05, 0) is 23.3 Å². The van der Waals surface area contributed by atoms with Crippen molar-refractivity contribution in [3.63, 3.8) is 0 Å². The maximum Gasteiger partial charge on any atom is 0.0716 e. The molecular weight excluding hydrogens is 293 g/mol. The molecule has 0 radical (unpaired) electrons. The Morgan fingerprint density at radius 1 is 0.900 bits per heavy atom. The molecule has 0 saturated heterocycles. The zero-order valence-corrected chi connectivity index (χ0v) is 12.8. The third kappa shape index (κ3) is 3.97. The summed E-state index contributed by atoms with van der Waals surface area (Å²) < 4.78 is 5.20. The number of hydrogen-bond acceptors (Lipinski definition) is 2. The zero-order valence-electron chi connectivity index (χ0n) is 11.3. The van der Waals surface area contributed by atoms with Crippen molar-refractivity contribution in [3.05, 3.63) is 69.2 Å². The Bertz CT molecular complexity index is 552. The maximum absolute atomic E-state index is 6.15. The van der Waals surface area contributed by atoms with E-state index in [0.29, 0.717) is 23.2 Å². The summed E-state index contributed by atoms with van der Waals surface area (Å²) in [6.45, 7) is 2.01. The van der Waals surface area contributed by atoms with E-state index >= 15 is 0 Å². The van der Waals surface area contributed by atoms with Gasteiger partial charge in [0.05, 0.1) is 6.61 Å². The van der Waals surface area contributed by atoms with Crippen molar-refractivity contribution in [2.24, 2.45) is 0 Å². The van der Waals surface area contributed by atoms with Crippen molar-refractivity contribution < 1.29 is 4.74 Å². The van der Waals surface area contributed by atoms with Gasteiger partial charge in [0, 0.05) is 35.8 Å². The molecule has 2 rings (SSSR count). The maximum atomic E-state index is 6.15. The monoisotopic (exact) mass is 309 g/mol. The molecule has 2 nitrogen and oxygen atoms in total. The van der Waals surface area contributed by atoms with Crippen LogP contribution in [0, 0.1) is 0 Å². The predicted molar refractivity (Wildman–Crippen MR) is 84.2 cm³/mol. The molecule has 0 amide bonds. The third-order valence-corrected chi connectivity index (χ3v) is 3.81. The second-order valence-electron chi connectivity index (χ2n) is 4.51. The lowest BCUT2D eigenvalue weighted by atomic mass is 10.1. The van der Waals surface area contributed by atoms with Gasteiger partial charge in [-0.15, -0.1) is 0 Å². The van der Waals surface area contributed by atoms with E-state index < -0.39 is 0 Å². The van der Waals surface area contributed by atoms with Crippen LogP contribution in [0.1, 0.15) is 16.7 Å². The number of hydrogen-bond donors (Lipinski definition) is 1. The van der Waals surface area contributed by atoms with Crippen LogP contribution in [0.25, 0.3) is 0 Å². The molecule has 0 aliphatic rings. The van der Waals surface area contributed by atoms with Crippen LogP contribution >= 0.6 is 23.2 Å². The molecule has 0 atom stereocenters. The molecule has 0 aliphatic carbocycles. The Morgan fingerprint density at radius 2 is 1.55 bits per heavy atom. The molecule has 4 heteroatoms. The van der Waals surface area contributed by atoms with E-state index in [4.69, 9.17) is 27.9 Å². The molecule has 0 aliphatic heterocycles. The van der Waals surface area contributed by atoms with Crippen LogP contribution in [0.2, 0.25) is 10.0 Å². The first kappa shape index (κ1) is 15.3. The van der Waals surface area contributed by atoms with Gasteiger partial charge >= 0.3 is 0 Å². The number of rotatable bonds is 6. The topological polar surface area (TPSA) is 21.3 Å². The second-order valence-corrected chi connectivity index (χ2v) is 5.32. The standard InChI is InChI=1S/C16H17Cl2NO/c1-20-11-13-6-3-2-5-12(13)9-19-10-14-15(17)7-4-8-16(14)18/h2-8,19H,9-11H2,1H3. The molecule has 2 aromatic rings. The van der Waals surface area contributed by atoms with Gasteiger partial charge in [0.25, 0.3) is 0 Å². The Kier molecular flexibility index (Phi) is 5.86. The molecule has 1 N–H and O–H groups in total. The minimum Gasteiger partial charge on any atom is -0.380 e. The molecule has 2 aromatic carbocycles. The highest BCUT2D eigenvalue weighted by Crippen LogP contribution is 2.24. The summed E-state index contributed by atoms with van der Waals surface area (Å²) in [5.74, 6) is 0. The molecular formula is C16H17Cl2NO. The largest absolute Gasteiger partial charge is 0.380 e. The van der Waals surface area contributed by atoms with Gasteiger partial charge in [-0.2, -0.15) is 0 Å². The lowest BCUT2D eigenvalue weighted by Crippen LogP contribution is -2.14. The van der Waals surface area contributed by atoms with Crippen molar-refractivity contribution >= 4 is 23.2 Å². The first-order valence-corrected chi connectivity index (χ1v) is 7.17. The molecule has 0 saturated carbocycles. The predicted octanol–water partition coefficient (Wildman–Crippen LogP) is 4.43. The summed E-state index contributed by atoms with van der Waals surface area (Å²) in [7, 11) is 1.70. The molecule has 0 bridgehead atoms. The van der Waals surface area contributed by atoms with E-state index in [1.54, 1.807) is 7.11 Å². The van der Waals surface area contributed by atoms with Crippen molar-refractivity contribution in [1.29, 1.82) is 0 Å². The number of methoxy groups -OCH3 is 1. The zero-order chi connectivity index (χ0) is 14.4. The minimum absolute atomic E-state index is 0.616. The summed E-state index contributed by atoms with van der Waals surface area (Å²) in [6, 6.07) is 13.8. The average Bonchev–Trinajstić information content (AvgIpc) is 2.44. The normalized spacial score (nSPS) is 10.8. The quantitative estimate of drug-likeness (QED) is 0.852. The van der Waals surface area contributed by atoms with Crippen molar-refractivity contribution in [2.75, 3.05) is 7.11 Å². The van der Waals surface area contributed by atoms with Crippen LogP contribution in [-0.4, -0.2) is 7.11 Å². The first-order chi connectivity index (χ1) is 9.72. The number of nitrogens with one attached hydrogen (secondary N) is 1. The van der Waals surface area contributed by atoms with Gasteiger partial charge in [0.15, 0.2) is 0 Å². The SMILES string of the molecule is COCc1ccccc1CNCc1c(Cl)cccc1Cl. The van der Waals surface area contributed by atoms with Gasteiger partial charge in [-0.3, -0.25) is 0 Å². The summed E-state index contributed by atoms with van der Waals surface area (Å²) in [5, 5.41) is 4.75. The minimum atomic E-state index is 0.616. The summed E-state index contributed by atoms with van der Waals surface area (Å²) >= 11 is 12.3. The van der Waals surface area contributed by atoms with Gasteiger partial charge in [-0.25, -0.2) is 0 Å². The lowest BCUT2D eigenvalue weighted by molar-refractivity contribution is 0.184. The van der Waals surface area contributed by atoms with E-state index in [0.717, 1.165) is 12.1 Å². The summed E-state index contributed by atoms with van der Waals surface area (Å²) in [6.07, 6.45) is 0. The molecule has 0 spiro atoms. The highest BCUT2D eigenvalue weighted by molar-refractivity contribution is 6.35. The van der Waals surface area contributed by atoms with E-state index in [1.165, 1.54) is 11.1 Å². The van der Waals surface area contributed by atoms with Gasteiger partial charge in [0.1, 0.15) is 0 Å². The van der Waals surface area contributed by atoms with Crippen molar-refractivity contribution in [3.8, 4) is 0 Å². The van der Waals surface area contributed by atoms with Crippen LogP contribution in [0.15, 0.2) is 42.5 Å². The van der Waals surface area contributed by atoms with E-state index in [1.807, 2.05) is 30.3 Å². The summed E-state index contributed by atoms with van der Waals surface area (Å²) in [5.41, 5.74) is 3.34. The first-order valence-electron chi connectivity index (χ1n) is 6.41. The number of halogens is 2. The molecule has 0 aromatic heterocycles. The molecule has 0 unspecified atom stereocenters. The van der Waals surface area contributed by atoms with Crippen LogP contribution in [-0.2, 0) is 24.4 Å². The van der Waals surface area contributed by atoms with Gasteiger partial charge in [0.2, 0.25) is 0 Å². The highest BCUT2D eigenvalue weighted by Gasteiger charge is 2.06. The fourth-order valence-corrected chi connectivity index (χ4v) is 2.58. The Morgan fingerprint density at radius 3 is 2.20 bits per heavy atom. The molecule has 20 heavy (non-hydrogen) atoms. The summed E-state index contributed by atoms with van der Waals surface area (Å²) in [4.78, 5) is 0. The van der Waals surface area contributed by atoms with Crippen LogP contribution in [0.5, 0.6) is 0 Å². The number of benzene rings is 2. The third-order valence-electron chi connectivity index (χ3n) is 3.10. The molecule has 0 heterocycles. The Labute approximate surface area is 129 Å². The van der Waals surface area contributed by atoms with E-state index in [-0.39, 0.29) is 0 Å².